The highest BCUT2D eigenvalue weighted by atomic mass is 35.5. The number of furan rings is 1. The van der Waals surface area contributed by atoms with E-state index in [9.17, 15) is 10.1 Å². The summed E-state index contributed by atoms with van der Waals surface area (Å²) in [5, 5.41) is 14.1. The predicted octanol–water partition coefficient (Wildman–Crippen LogP) is 3.76. The van der Waals surface area contributed by atoms with Crippen LogP contribution in [0.15, 0.2) is 34.7 Å². The Kier molecular flexibility index (Phi) is 3.53. The fourth-order valence-corrected chi connectivity index (χ4v) is 1.71. The van der Waals surface area contributed by atoms with Crippen LogP contribution in [0.2, 0.25) is 5.22 Å². The SMILES string of the molecule is Cc1ccc([N+](=O)[O-])cc1NCc1ccc(Cl)o1. The Morgan fingerprint density at radius 3 is 2.78 bits per heavy atom. The number of nitro benzene ring substituents is 1. The molecule has 0 bridgehead atoms. The van der Waals surface area contributed by atoms with Crippen LogP contribution in [0.1, 0.15) is 11.3 Å². The average Bonchev–Trinajstić information content (AvgIpc) is 2.74. The van der Waals surface area contributed by atoms with Crippen molar-refractivity contribution >= 4 is 23.0 Å². The molecule has 0 amide bonds. The van der Waals surface area contributed by atoms with E-state index in [0.29, 0.717) is 23.2 Å². The van der Waals surface area contributed by atoms with Crippen LogP contribution in [0, 0.1) is 17.0 Å². The minimum Gasteiger partial charge on any atom is -0.448 e. The number of nitrogens with one attached hydrogen (secondary N) is 1. The number of benzene rings is 1. The van der Waals surface area contributed by atoms with Gasteiger partial charge in [0.15, 0.2) is 5.22 Å². The number of anilines is 1. The van der Waals surface area contributed by atoms with Crippen LogP contribution in [0.5, 0.6) is 0 Å². The lowest BCUT2D eigenvalue weighted by atomic mass is 10.2. The first kappa shape index (κ1) is 12.4. The summed E-state index contributed by atoms with van der Waals surface area (Å²) in [4.78, 5) is 10.3. The van der Waals surface area contributed by atoms with Crippen LogP contribution in [-0.4, -0.2) is 4.92 Å². The third-order valence-corrected chi connectivity index (χ3v) is 2.72. The second-order valence-electron chi connectivity index (χ2n) is 3.82. The number of non-ortho nitro benzene ring substituents is 1. The van der Waals surface area contributed by atoms with Crippen molar-refractivity contribution in [2.45, 2.75) is 13.5 Å². The summed E-state index contributed by atoms with van der Waals surface area (Å²) in [6.07, 6.45) is 0. The fraction of sp³-hybridized carbons (Fsp3) is 0.167. The molecule has 2 rings (SSSR count). The summed E-state index contributed by atoms with van der Waals surface area (Å²) >= 11 is 5.66. The Labute approximate surface area is 109 Å². The molecule has 1 aromatic carbocycles. The molecule has 0 fully saturated rings. The predicted molar refractivity (Wildman–Crippen MR) is 68.9 cm³/mol. The minimum atomic E-state index is -0.422. The smallest absolute Gasteiger partial charge is 0.271 e. The van der Waals surface area contributed by atoms with Gasteiger partial charge in [-0.3, -0.25) is 10.1 Å². The first-order valence-corrected chi connectivity index (χ1v) is 5.67. The van der Waals surface area contributed by atoms with Crippen molar-refractivity contribution in [1.29, 1.82) is 0 Å². The standard InChI is InChI=1S/C12H11ClN2O3/c1-8-2-3-9(15(16)17)6-11(8)14-7-10-4-5-12(13)18-10/h2-6,14H,7H2,1H3. The molecular weight excluding hydrogens is 256 g/mol. The Hall–Kier alpha value is -2.01. The van der Waals surface area contributed by atoms with Gasteiger partial charge in [-0.15, -0.1) is 0 Å². The zero-order valence-corrected chi connectivity index (χ0v) is 10.4. The van der Waals surface area contributed by atoms with Gasteiger partial charge in [0.25, 0.3) is 5.69 Å². The van der Waals surface area contributed by atoms with Crippen molar-refractivity contribution in [3.8, 4) is 0 Å². The molecule has 0 aliphatic rings. The number of halogens is 1. The molecule has 6 heteroatoms. The maximum absolute atomic E-state index is 10.7. The molecule has 1 N–H and O–H groups in total. The molecule has 94 valence electrons. The number of nitro groups is 1. The molecule has 0 saturated heterocycles. The van der Waals surface area contributed by atoms with E-state index in [1.807, 2.05) is 6.92 Å². The monoisotopic (exact) mass is 266 g/mol. The Bertz CT molecular complexity index is 580. The average molecular weight is 267 g/mol. The maximum Gasteiger partial charge on any atom is 0.271 e. The summed E-state index contributed by atoms with van der Waals surface area (Å²) < 4.78 is 5.19. The van der Waals surface area contributed by atoms with Gasteiger partial charge in [0.05, 0.1) is 11.5 Å². The number of hydrogen-bond donors (Lipinski definition) is 1. The number of hydrogen-bond acceptors (Lipinski definition) is 4. The first-order valence-electron chi connectivity index (χ1n) is 5.29. The third-order valence-electron chi connectivity index (χ3n) is 2.51. The highest BCUT2D eigenvalue weighted by Gasteiger charge is 2.09. The van der Waals surface area contributed by atoms with Crippen molar-refractivity contribution in [2.75, 3.05) is 5.32 Å². The Morgan fingerprint density at radius 1 is 1.39 bits per heavy atom. The van der Waals surface area contributed by atoms with Crippen LogP contribution in [0.4, 0.5) is 11.4 Å². The minimum absolute atomic E-state index is 0.0561. The summed E-state index contributed by atoms with van der Waals surface area (Å²) in [6.45, 7) is 2.30. The van der Waals surface area contributed by atoms with E-state index in [1.165, 1.54) is 12.1 Å². The largest absolute Gasteiger partial charge is 0.448 e. The fourth-order valence-electron chi connectivity index (χ4n) is 1.54. The Morgan fingerprint density at radius 2 is 2.17 bits per heavy atom. The molecule has 0 atom stereocenters. The van der Waals surface area contributed by atoms with Gasteiger partial charge in [-0.05, 0) is 36.2 Å². The molecule has 5 nitrogen and oxygen atoms in total. The number of aryl methyl sites for hydroxylation is 1. The van der Waals surface area contributed by atoms with Crippen LogP contribution in [0.3, 0.4) is 0 Å². The van der Waals surface area contributed by atoms with Gasteiger partial charge >= 0.3 is 0 Å². The van der Waals surface area contributed by atoms with Gasteiger partial charge in [-0.1, -0.05) is 6.07 Å². The van der Waals surface area contributed by atoms with Gasteiger partial charge in [-0.25, -0.2) is 0 Å². The summed E-state index contributed by atoms with van der Waals surface area (Å²) in [5.41, 5.74) is 1.69. The lowest BCUT2D eigenvalue weighted by Crippen LogP contribution is -2.01. The summed E-state index contributed by atoms with van der Waals surface area (Å²) in [6, 6.07) is 8.08. The highest BCUT2D eigenvalue weighted by Crippen LogP contribution is 2.23. The molecule has 0 aliphatic carbocycles. The quantitative estimate of drug-likeness (QED) is 0.676. The molecule has 1 heterocycles. The van der Waals surface area contributed by atoms with E-state index in [4.69, 9.17) is 16.0 Å². The van der Waals surface area contributed by atoms with E-state index < -0.39 is 4.92 Å². The van der Waals surface area contributed by atoms with Crippen molar-refractivity contribution in [3.63, 3.8) is 0 Å². The summed E-state index contributed by atoms with van der Waals surface area (Å²) in [7, 11) is 0. The number of rotatable bonds is 4. The van der Waals surface area contributed by atoms with Gasteiger partial charge in [-0.2, -0.15) is 0 Å². The zero-order valence-electron chi connectivity index (χ0n) is 9.64. The van der Waals surface area contributed by atoms with Crippen LogP contribution < -0.4 is 5.32 Å². The van der Waals surface area contributed by atoms with Gasteiger partial charge in [0, 0.05) is 17.8 Å². The molecule has 0 spiro atoms. The van der Waals surface area contributed by atoms with E-state index >= 15 is 0 Å². The highest BCUT2D eigenvalue weighted by molar-refractivity contribution is 6.28. The Balaban J connectivity index is 2.13. The van der Waals surface area contributed by atoms with Crippen LogP contribution in [-0.2, 0) is 6.54 Å². The van der Waals surface area contributed by atoms with Gasteiger partial charge < -0.3 is 9.73 Å². The molecule has 0 unspecified atom stereocenters. The molecule has 1 aromatic heterocycles. The lowest BCUT2D eigenvalue weighted by Gasteiger charge is -2.07. The summed E-state index contributed by atoms with van der Waals surface area (Å²) in [5.74, 6) is 0.672. The normalized spacial score (nSPS) is 10.3. The number of nitrogens with zero attached hydrogens (tertiary/aromatic N) is 1. The van der Waals surface area contributed by atoms with Crippen LogP contribution >= 0.6 is 11.6 Å². The van der Waals surface area contributed by atoms with Crippen molar-refractivity contribution in [1.82, 2.24) is 0 Å². The molecule has 0 radical (unpaired) electrons. The maximum atomic E-state index is 10.7. The topological polar surface area (TPSA) is 68.3 Å². The molecular formula is C12H11ClN2O3. The molecule has 0 saturated carbocycles. The molecule has 18 heavy (non-hydrogen) atoms. The molecule has 0 aliphatic heterocycles. The van der Waals surface area contributed by atoms with E-state index in [-0.39, 0.29) is 5.69 Å². The van der Waals surface area contributed by atoms with E-state index in [0.717, 1.165) is 5.56 Å². The van der Waals surface area contributed by atoms with E-state index in [1.54, 1.807) is 18.2 Å². The zero-order chi connectivity index (χ0) is 13.1. The van der Waals surface area contributed by atoms with Gasteiger partial charge in [0.1, 0.15) is 5.76 Å². The van der Waals surface area contributed by atoms with Gasteiger partial charge in [0.2, 0.25) is 0 Å². The third kappa shape index (κ3) is 2.81. The van der Waals surface area contributed by atoms with E-state index in [2.05, 4.69) is 5.32 Å². The lowest BCUT2D eigenvalue weighted by molar-refractivity contribution is -0.384. The molecule has 2 aromatic rings. The second-order valence-corrected chi connectivity index (χ2v) is 4.19. The van der Waals surface area contributed by atoms with Crippen molar-refractivity contribution < 1.29 is 9.34 Å². The van der Waals surface area contributed by atoms with Crippen molar-refractivity contribution in [3.05, 3.63) is 57.0 Å². The van der Waals surface area contributed by atoms with Crippen LogP contribution in [0.25, 0.3) is 0 Å². The second kappa shape index (κ2) is 5.10. The van der Waals surface area contributed by atoms with Crippen molar-refractivity contribution in [2.24, 2.45) is 0 Å². The first-order chi connectivity index (χ1) is 8.56.